The number of unbranched alkanes of at least 4 members (excludes halogenated alkanes) is 1. The minimum Gasteiger partial charge on any atom is -0.493 e. The molecule has 0 spiro atoms. The van der Waals surface area contributed by atoms with Crippen LogP contribution in [0.5, 0.6) is 5.75 Å². The smallest absolute Gasteiger partial charge is 0.121 e. The van der Waals surface area contributed by atoms with Gasteiger partial charge in [0.05, 0.1) is 12.7 Å². The summed E-state index contributed by atoms with van der Waals surface area (Å²) in [6, 6.07) is 18.1. The van der Waals surface area contributed by atoms with Gasteiger partial charge in [0.1, 0.15) is 5.75 Å². The molecule has 0 atom stereocenters. The Balaban J connectivity index is 1.89. The Morgan fingerprint density at radius 1 is 1.14 bits per heavy atom. The zero-order valence-corrected chi connectivity index (χ0v) is 13.3. The van der Waals surface area contributed by atoms with Crippen LogP contribution >= 0.6 is 15.9 Å². The molecule has 1 N–H and O–H groups in total. The number of hydrogen-bond donors (Lipinski definition) is 1. The first-order chi connectivity index (χ1) is 10.3. The van der Waals surface area contributed by atoms with Gasteiger partial charge in [-0.25, -0.2) is 0 Å². The first-order valence-corrected chi connectivity index (χ1v) is 7.66. The standard InChI is InChI=1S/C17H17BrN2O/c18-17-9-2-1-6-14(17)13-20-15-7-5-8-16(12-15)21-11-4-3-10-19/h1-2,5-9,12,20H,3-4,11,13H2. The number of nitrogens with zero attached hydrogens (tertiary/aromatic N) is 1. The van der Waals surface area contributed by atoms with Crippen LogP contribution in [0.15, 0.2) is 53.0 Å². The van der Waals surface area contributed by atoms with Crippen molar-refractivity contribution >= 4 is 21.6 Å². The van der Waals surface area contributed by atoms with E-state index >= 15 is 0 Å². The van der Waals surface area contributed by atoms with Crippen LogP contribution in [0.1, 0.15) is 18.4 Å². The molecule has 0 heterocycles. The van der Waals surface area contributed by atoms with Gasteiger partial charge in [0, 0.05) is 29.2 Å². The van der Waals surface area contributed by atoms with Gasteiger partial charge in [0.25, 0.3) is 0 Å². The summed E-state index contributed by atoms with van der Waals surface area (Å²) in [7, 11) is 0. The monoisotopic (exact) mass is 344 g/mol. The summed E-state index contributed by atoms with van der Waals surface area (Å²) in [5.41, 5.74) is 2.22. The number of hydrogen-bond acceptors (Lipinski definition) is 3. The van der Waals surface area contributed by atoms with Crippen molar-refractivity contribution in [3.05, 3.63) is 58.6 Å². The van der Waals surface area contributed by atoms with Crippen LogP contribution in [-0.4, -0.2) is 6.61 Å². The molecule has 0 aliphatic heterocycles. The molecule has 0 radical (unpaired) electrons. The van der Waals surface area contributed by atoms with Crippen molar-refractivity contribution in [2.45, 2.75) is 19.4 Å². The van der Waals surface area contributed by atoms with E-state index in [2.05, 4.69) is 33.4 Å². The van der Waals surface area contributed by atoms with Gasteiger partial charge in [-0.1, -0.05) is 40.2 Å². The van der Waals surface area contributed by atoms with E-state index < -0.39 is 0 Å². The van der Waals surface area contributed by atoms with Crippen molar-refractivity contribution < 1.29 is 4.74 Å². The van der Waals surface area contributed by atoms with Crippen LogP contribution in [-0.2, 0) is 6.54 Å². The molecule has 0 unspecified atom stereocenters. The average molecular weight is 345 g/mol. The number of nitriles is 1. The van der Waals surface area contributed by atoms with Crippen LogP contribution < -0.4 is 10.1 Å². The van der Waals surface area contributed by atoms with E-state index in [1.54, 1.807) is 0 Å². The maximum absolute atomic E-state index is 8.49. The van der Waals surface area contributed by atoms with Crippen LogP contribution in [0.4, 0.5) is 5.69 Å². The topological polar surface area (TPSA) is 45.0 Å². The Bertz CT molecular complexity index is 622. The van der Waals surface area contributed by atoms with Gasteiger partial charge < -0.3 is 10.1 Å². The summed E-state index contributed by atoms with van der Waals surface area (Å²) in [5, 5.41) is 11.9. The molecular weight excluding hydrogens is 328 g/mol. The molecule has 0 aliphatic carbocycles. The molecular formula is C17H17BrN2O. The second-order valence-corrected chi connectivity index (χ2v) is 5.44. The second kappa shape index (κ2) is 8.33. The molecule has 0 saturated heterocycles. The molecule has 108 valence electrons. The summed E-state index contributed by atoms with van der Waals surface area (Å²) in [6.07, 6.45) is 1.28. The van der Waals surface area contributed by atoms with Gasteiger partial charge >= 0.3 is 0 Å². The predicted octanol–water partition coefficient (Wildman–Crippen LogP) is 4.74. The zero-order valence-electron chi connectivity index (χ0n) is 11.7. The van der Waals surface area contributed by atoms with Gasteiger partial charge in [-0.15, -0.1) is 0 Å². The normalized spacial score (nSPS) is 9.90. The van der Waals surface area contributed by atoms with Gasteiger partial charge in [-0.2, -0.15) is 5.26 Å². The molecule has 2 aromatic carbocycles. The summed E-state index contributed by atoms with van der Waals surface area (Å²) in [4.78, 5) is 0. The highest BCUT2D eigenvalue weighted by Gasteiger charge is 2.00. The second-order valence-electron chi connectivity index (χ2n) is 4.58. The molecule has 0 amide bonds. The van der Waals surface area contributed by atoms with Crippen LogP contribution in [0.3, 0.4) is 0 Å². The summed E-state index contributed by atoms with van der Waals surface area (Å²) < 4.78 is 6.72. The lowest BCUT2D eigenvalue weighted by Crippen LogP contribution is -2.01. The number of nitrogens with one attached hydrogen (secondary N) is 1. The van der Waals surface area contributed by atoms with E-state index in [1.165, 1.54) is 5.56 Å². The summed E-state index contributed by atoms with van der Waals surface area (Å²) in [6.45, 7) is 1.32. The first kappa shape index (κ1) is 15.4. The van der Waals surface area contributed by atoms with Crippen molar-refractivity contribution in [1.29, 1.82) is 5.26 Å². The van der Waals surface area contributed by atoms with Gasteiger partial charge in [0.2, 0.25) is 0 Å². The van der Waals surface area contributed by atoms with Crippen molar-refractivity contribution in [3.8, 4) is 11.8 Å². The fourth-order valence-corrected chi connectivity index (χ4v) is 2.30. The van der Waals surface area contributed by atoms with Crippen LogP contribution in [0, 0.1) is 11.3 Å². The third kappa shape index (κ3) is 5.13. The zero-order chi connectivity index (χ0) is 14.9. The van der Waals surface area contributed by atoms with E-state index in [1.807, 2.05) is 42.5 Å². The van der Waals surface area contributed by atoms with Crippen molar-refractivity contribution in [3.63, 3.8) is 0 Å². The molecule has 0 fully saturated rings. The number of anilines is 1. The molecule has 0 saturated carbocycles. The molecule has 0 bridgehead atoms. The SMILES string of the molecule is N#CCCCOc1cccc(NCc2ccccc2Br)c1. The van der Waals surface area contributed by atoms with E-state index in [-0.39, 0.29) is 0 Å². The van der Waals surface area contributed by atoms with Gasteiger partial charge in [0.15, 0.2) is 0 Å². The number of ether oxygens (including phenoxy) is 1. The number of benzene rings is 2. The van der Waals surface area contributed by atoms with E-state index in [4.69, 9.17) is 10.00 Å². The fraction of sp³-hybridized carbons (Fsp3) is 0.235. The van der Waals surface area contributed by atoms with Gasteiger partial charge in [-0.3, -0.25) is 0 Å². The Morgan fingerprint density at radius 2 is 2.00 bits per heavy atom. The number of halogens is 1. The highest BCUT2D eigenvalue weighted by molar-refractivity contribution is 9.10. The van der Waals surface area contributed by atoms with Crippen LogP contribution in [0.2, 0.25) is 0 Å². The molecule has 2 aromatic rings. The van der Waals surface area contributed by atoms with E-state index in [0.29, 0.717) is 13.0 Å². The molecule has 3 nitrogen and oxygen atoms in total. The van der Waals surface area contributed by atoms with E-state index in [0.717, 1.165) is 28.9 Å². The lowest BCUT2D eigenvalue weighted by molar-refractivity contribution is 0.313. The molecule has 21 heavy (non-hydrogen) atoms. The third-order valence-electron chi connectivity index (χ3n) is 2.98. The molecule has 4 heteroatoms. The third-order valence-corrected chi connectivity index (χ3v) is 3.75. The number of rotatable bonds is 7. The minimum atomic E-state index is 0.528. The van der Waals surface area contributed by atoms with Crippen LogP contribution in [0.25, 0.3) is 0 Å². The maximum atomic E-state index is 8.49. The maximum Gasteiger partial charge on any atom is 0.121 e. The predicted molar refractivity (Wildman–Crippen MR) is 88.3 cm³/mol. The average Bonchev–Trinajstić information content (AvgIpc) is 2.51. The van der Waals surface area contributed by atoms with Gasteiger partial charge in [-0.05, 0) is 30.2 Å². The highest BCUT2D eigenvalue weighted by atomic mass is 79.9. The largest absolute Gasteiger partial charge is 0.493 e. The quantitative estimate of drug-likeness (QED) is 0.737. The molecule has 2 rings (SSSR count). The van der Waals surface area contributed by atoms with Crippen molar-refractivity contribution in [2.75, 3.05) is 11.9 Å². The molecule has 0 aromatic heterocycles. The fourth-order valence-electron chi connectivity index (χ4n) is 1.88. The summed E-state index contributed by atoms with van der Waals surface area (Å²) >= 11 is 3.54. The molecule has 0 aliphatic rings. The highest BCUT2D eigenvalue weighted by Crippen LogP contribution is 2.20. The van der Waals surface area contributed by atoms with Crippen molar-refractivity contribution in [2.24, 2.45) is 0 Å². The Hall–Kier alpha value is -1.99. The minimum absolute atomic E-state index is 0.528. The van der Waals surface area contributed by atoms with E-state index in [9.17, 15) is 0 Å². The summed E-state index contributed by atoms with van der Waals surface area (Å²) in [5.74, 6) is 0.824. The van der Waals surface area contributed by atoms with Crippen molar-refractivity contribution in [1.82, 2.24) is 0 Å². The lowest BCUT2D eigenvalue weighted by Gasteiger charge is -2.10. The lowest BCUT2D eigenvalue weighted by atomic mass is 10.2. The Kier molecular flexibility index (Phi) is 6.11. The Labute approximate surface area is 133 Å². The Morgan fingerprint density at radius 3 is 2.81 bits per heavy atom. The first-order valence-electron chi connectivity index (χ1n) is 6.86.